The van der Waals surface area contributed by atoms with Crippen molar-refractivity contribution < 1.29 is 9.59 Å². The van der Waals surface area contributed by atoms with Crippen molar-refractivity contribution in [1.29, 1.82) is 0 Å². The highest BCUT2D eigenvalue weighted by atomic mass is 16.2. The number of carbonyl (C=O) groups excluding carboxylic acids is 2. The number of likely N-dealkylation sites (N-methyl/N-ethyl adjacent to an activating group) is 2. The average molecular weight is 358 g/mol. The number of aromatic nitrogens is 1. The fraction of sp³-hybridized carbons (Fsp3) is 0.632. The summed E-state index contributed by atoms with van der Waals surface area (Å²) in [5.41, 5.74) is 6.68. The minimum absolute atomic E-state index is 0.0241. The van der Waals surface area contributed by atoms with Gasteiger partial charge in [0.1, 0.15) is 11.9 Å². The standard InChI is InChI=1S/C19H28N5O2/c1-19(2)8-9-24(15(10-19)17(20)25)16-7-5-6-14(21-16)13-11-22(3)18(26)23(4)12-13/h5-6,13,15H,8-12H2,1-4H3,(H2,20,25). The topological polar surface area (TPSA) is 82.8 Å². The van der Waals surface area contributed by atoms with Gasteiger partial charge in [-0.25, -0.2) is 9.78 Å². The van der Waals surface area contributed by atoms with E-state index >= 15 is 0 Å². The predicted molar refractivity (Wildman–Crippen MR) is 99.8 cm³/mol. The molecule has 3 amide bonds. The molecule has 0 spiro atoms. The molecule has 1 radical (unpaired) electrons. The Balaban J connectivity index is 1.85. The van der Waals surface area contributed by atoms with E-state index in [4.69, 9.17) is 10.7 Å². The lowest BCUT2D eigenvalue weighted by atomic mass is 9.78. The molecule has 2 N–H and O–H groups in total. The van der Waals surface area contributed by atoms with Crippen LogP contribution in [-0.2, 0) is 4.79 Å². The molecule has 3 rings (SSSR count). The minimum atomic E-state index is -0.365. The quantitative estimate of drug-likeness (QED) is 0.886. The van der Waals surface area contributed by atoms with Crippen molar-refractivity contribution in [2.45, 2.75) is 38.6 Å². The highest BCUT2D eigenvalue weighted by Crippen LogP contribution is 2.36. The average Bonchev–Trinajstić information content (AvgIpc) is 2.58. The lowest BCUT2D eigenvalue weighted by Gasteiger charge is -2.42. The van der Waals surface area contributed by atoms with Gasteiger partial charge in [-0.05, 0) is 30.4 Å². The molecule has 0 bridgehead atoms. The second-order valence-electron chi connectivity index (χ2n) is 8.31. The summed E-state index contributed by atoms with van der Waals surface area (Å²) in [4.78, 5) is 34.2. The van der Waals surface area contributed by atoms with Gasteiger partial charge in [0.25, 0.3) is 0 Å². The molecule has 26 heavy (non-hydrogen) atoms. The van der Waals surface area contributed by atoms with Gasteiger partial charge in [-0.1, -0.05) is 13.8 Å². The van der Waals surface area contributed by atoms with Crippen molar-refractivity contribution in [1.82, 2.24) is 14.8 Å². The second kappa shape index (κ2) is 6.78. The number of nitrogens with zero attached hydrogens (tertiary/aromatic N) is 4. The molecule has 1 aromatic heterocycles. The molecule has 0 aliphatic carbocycles. The number of hydrogen-bond donors (Lipinski definition) is 1. The first-order valence-corrected chi connectivity index (χ1v) is 9.09. The van der Waals surface area contributed by atoms with Gasteiger partial charge in [0.05, 0.1) is 0 Å². The lowest BCUT2D eigenvalue weighted by Crippen LogP contribution is -2.52. The van der Waals surface area contributed by atoms with Crippen molar-refractivity contribution in [3.63, 3.8) is 0 Å². The van der Waals surface area contributed by atoms with Crippen LogP contribution in [0.3, 0.4) is 0 Å². The van der Waals surface area contributed by atoms with E-state index in [1.54, 1.807) is 23.9 Å². The van der Waals surface area contributed by atoms with Crippen LogP contribution in [0.1, 0.15) is 38.3 Å². The van der Waals surface area contributed by atoms with E-state index in [0.29, 0.717) is 25.3 Å². The molecule has 2 fully saturated rings. The SMILES string of the molecule is CN1CC(c2cc[c]c(N3CCC(C)(C)CC3C(N)=O)n2)CN(C)C1=O. The molecule has 2 saturated heterocycles. The molecule has 0 aromatic carbocycles. The van der Waals surface area contributed by atoms with Gasteiger partial charge in [-0.3, -0.25) is 4.79 Å². The first-order chi connectivity index (χ1) is 12.2. The summed E-state index contributed by atoms with van der Waals surface area (Å²) in [7, 11) is 3.60. The Morgan fingerprint density at radius 2 is 1.96 bits per heavy atom. The summed E-state index contributed by atoms with van der Waals surface area (Å²) in [6.45, 7) is 6.32. The molecular formula is C19H28N5O2. The van der Waals surface area contributed by atoms with Crippen molar-refractivity contribution >= 4 is 17.8 Å². The van der Waals surface area contributed by atoms with Crippen LogP contribution in [0.25, 0.3) is 0 Å². The van der Waals surface area contributed by atoms with Gasteiger partial charge in [-0.15, -0.1) is 0 Å². The third kappa shape index (κ3) is 3.61. The zero-order valence-corrected chi connectivity index (χ0v) is 16.0. The molecule has 1 atom stereocenters. The van der Waals surface area contributed by atoms with E-state index in [9.17, 15) is 9.59 Å². The van der Waals surface area contributed by atoms with Crippen LogP contribution in [0.15, 0.2) is 12.1 Å². The van der Waals surface area contributed by atoms with Gasteiger partial charge < -0.3 is 20.4 Å². The third-order valence-corrected chi connectivity index (χ3v) is 5.51. The van der Waals surface area contributed by atoms with E-state index in [2.05, 4.69) is 19.9 Å². The number of amides is 3. The molecule has 2 aliphatic rings. The van der Waals surface area contributed by atoms with E-state index in [-0.39, 0.29) is 29.3 Å². The molecule has 141 valence electrons. The minimum Gasteiger partial charge on any atom is -0.368 e. The van der Waals surface area contributed by atoms with Crippen LogP contribution < -0.4 is 10.6 Å². The maximum atomic E-state index is 12.0. The first-order valence-electron chi connectivity index (χ1n) is 9.09. The van der Waals surface area contributed by atoms with Gasteiger partial charge in [-0.2, -0.15) is 0 Å². The van der Waals surface area contributed by atoms with Crippen molar-refractivity contribution in [2.75, 3.05) is 38.6 Å². The Morgan fingerprint density at radius 3 is 2.58 bits per heavy atom. The Labute approximate surface area is 155 Å². The summed E-state index contributed by atoms with van der Waals surface area (Å²) >= 11 is 0. The Kier molecular flexibility index (Phi) is 4.82. The first kappa shape index (κ1) is 18.5. The van der Waals surface area contributed by atoms with Crippen LogP contribution in [-0.4, -0.2) is 66.5 Å². The highest BCUT2D eigenvalue weighted by Gasteiger charge is 2.37. The summed E-state index contributed by atoms with van der Waals surface area (Å²) in [6.07, 6.45) is 1.69. The number of rotatable bonds is 3. The third-order valence-electron chi connectivity index (χ3n) is 5.51. The maximum absolute atomic E-state index is 12.0. The van der Waals surface area contributed by atoms with Crippen LogP contribution in [0.5, 0.6) is 0 Å². The number of hydrogen-bond acceptors (Lipinski definition) is 4. The second-order valence-corrected chi connectivity index (χ2v) is 8.31. The van der Waals surface area contributed by atoms with Crippen LogP contribution in [0, 0.1) is 11.5 Å². The Bertz CT molecular complexity index is 691. The molecule has 1 aromatic rings. The van der Waals surface area contributed by atoms with E-state index < -0.39 is 0 Å². The molecular weight excluding hydrogens is 330 g/mol. The van der Waals surface area contributed by atoms with E-state index in [1.165, 1.54) is 0 Å². The summed E-state index contributed by atoms with van der Waals surface area (Å²) in [5.74, 6) is 0.481. The fourth-order valence-electron chi connectivity index (χ4n) is 3.94. The fourth-order valence-corrected chi connectivity index (χ4v) is 3.94. The van der Waals surface area contributed by atoms with E-state index in [0.717, 1.165) is 18.7 Å². The number of carbonyl (C=O) groups is 2. The van der Waals surface area contributed by atoms with Crippen molar-refractivity contribution in [3.05, 3.63) is 23.9 Å². The number of nitrogens with two attached hydrogens (primary N) is 1. The van der Waals surface area contributed by atoms with Crippen molar-refractivity contribution in [2.24, 2.45) is 11.1 Å². The van der Waals surface area contributed by atoms with Crippen LogP contribution in [0.2, 0.25) is 0 Å². The maximum Gasteiger partial charge on any atom is 0.319 e. The van der Waals surface area contributed by atoms with Crippen molar-refractivity contribution in [3.8, 4) is 0 Å². The highest BCUT2D eigenvalue weighted by molar-refractivity contribution is 5.83. The van der Waals surface area contributed by atoms with Gasteiger partial charge in [0.15, 0.2) is 0 Å². The van der Waals surface area contributed by atoms with Gasteiger partial charge in [0, 0.05) is 51.4 Å². The lowest BCUT2D eigenvalue weighted by molar-refractivity contribution is -0.120. The summed E-state index contributed by atoms with van der Waals surface area (Å²) < 4.78 is 0. The molecule has 0 saturated carbocycles. The Morgan fingerprint density at radius 1 is 1.31 bits per heavy atom. The number of urea groups is 1. The predicted octanol–water partition coefficient (Wildman–Crippen LogP) is 1.44. The number of pyridine rings is 1. The molecule has 7 heteroatoms. The van der Waals surface area contributed by atoms with Gasteiger partial charge in [0.2, 0.25) is 5.91 Å². The zero-order valence-electron chi connectivity index (χ0n) is 16.0. The summed E-state index contributed by atoms with van der Waals surface area (Å²) in [6, 6.07) is 6.63. The smallest absolute Gasteiger partial charge is 0.319 e. The Hall–Kier alpha value is -2.31. The van der Waals surface area contributed by atoms with E-state index in [1.807, 2.05) is 17.0 Å². The zero-order chi connectivity index (χ0) is 19.1. The van der Waals surface area contributed by atoms with Crippen LogP contribution >= 0.6 is 0 Å². The van der Waals surface area contributed by atoms with Crippen LogP contribution in [0.4, 0.5) is 10.6 Å². The normalized spacial score (nSPS) is 24.1. The number of piperidine rings is 1. The molecule has 1 unspecified atom stereocenters. The monoisotopic (exact) mass is 358 g/mol. The molecule has 2 aliphatic heterocycles. The van der Waals surface area contributed by atoms with Gasteiger partial charge >= 0.3 is 6.03 Å². The summed E-state index contributed by atoms with van der Waals surface area (Å²) in [5, 5.41) is 0. The molecule has 7 nitrogen and oxygen atoms in total. The number of anilines is 1. The number of primary amides is 1. The molecule has 3 heterocycles. The largest absolute Gasteiger partial charge is 0.368 e.